The lowest BCUT2D eigenvalue weighted by atomic mass is 10.0. The van der Waals surface area contributed by atoms with Crippen LogP contribution in [0.1, 0.15) is 59.3 Å². The van der Waals surface area contributed by atoms with Gasteiger partial charge in [0, 0.05) is 19.4 Å². The van der Waals surface area contributed by atoms with Gasteiger partial charge in [-0.15, -0.1) is 0 Å². The van der Waals surface area contributed by atoms with Gasteiger partial charge in [0.25, 0.3) is 0 Å². The number of nitrogens with one attached hydrogen (secondary N) is 1. The van der Waals surface area contributed by atoms with Gasteiger partial charge in [-0.05, 0) is 25.2 Å². The van der Waals surface area contributed by atoms with E-state index in [1.165, 1.54) is 0 Å². The second kappa shape index (κ2) is 8.02. The SMILES string of the molecule is CC[C@@H](C)CCC(=O)NC(=O)[C@H](CC)N1CCCC1=O. The molecule has 1 rings (SSSR count). The van der Waals surface area contributed by atoms with Crippen LogP contribution in [0.5, 0.6) is 0 Å². The predicted molar refractivity (Wildman–Crippen MR) is 76.9 cm³/mol. The number of amides is 3. The molecule has 1 fully saturated rings. The van der Waals surface area contributed by atoms with Crippen LogP contribution in [-0.4, -0.2) is 35.2 Å². The normalized spacial score (nSPS) is 17.9. The second-order valence-electron chi connectivity index (χ2n) is 5.58. The van der Waals surface area contributed by atoms with Crippen molar-refractivity contribution in [2.75, 3.05) is 6.54 Å². The van der Waals surface area contributed by atoms with Gasteiger partial charge in [-0.25, -0.2) is 0 Å². The summed E-state index contributed by atoms with van der Waals surface area (Å²) >= 11 is 0. The van der Waals surface area contributed by atoms with E-state index >= 15 is 0 Å². The quantitative estimate of drug-likeness (QED) is 0.775. The molecule has 0 saturated carbocycles. The lowest BCUT2D eigenvalue weighted by molar-refractivity contribution is -0.140. The fourth-order valence-corrected chi connectivity index (χ4v) is 2.41. The van der Waals surface area contributed by atoms with E-state index < -0.39 is 6.04 Å². The second-order valence-corrected chi connectivity index (χ2v) is 5.58. The first-order valence-electron chi connectivity index (χ1n) is 7.62. The van der Waals surface area contributed by atoms with Crippen molar-refractivity contribution in [2.24, 2.45) is 5.92 Å². The van der Waals surface area contributed by atoms with Crippen LogP contribution in [0.15, 0.2) is 0 Å². The van der Waals surface area contributed by atoms with Crippen molar-refractivity contribution in [1.29, 1.82) is 0 Å². The van der Waals surface area contributed by atoms with Crippen LogP contribution >= 0.6 is 0 Å². The maximum Gasteiger partial charge on any atom is 0.249 e. The van der Waals surface area contributed by atoms with Crippen molar-refractivity contribution in [3.05, 3.63) is 0 Å². The average molecular weight is 282 g/mol. The number of hydrogen-bond acceptors (Lipinski definition) is 3. The molecule has 0 bridgehead atoms. The maximum atomic E-state index is 12.1. The molecule has 1 heterocycles. The van der Waals surface area contributed by atoms with Gasteiger partial charge in [-0.1, -0.05) is 27.2 Å². The topological polar surface area (TPSA) is 66.5 Å². The van der Waals surface area contributed by atoms with Gasteiger partial charge in [0.05, 0.1) is 0 Å². The van der Waals surface area contributed by atoms with Gasteiger partial charge >= 0.3 is 0 Å². The zero-order chi connectivity index (χ0) is 15.1. The number of likely N-dealkylation sites (tertiary alicyclic amines) is 1. The molecule has 0 radical (unpaired) electrons. The Hall–Kier alpha value is -1.39. The summed E-state index contributed by atoms with van der Waals surface area (Å²) in [6.07, 6.45) is 4.02. The van der Waals surface area contributed by atoms with E-state index in [9.17, 15) is 14.4 Å². The van der Waals surface area contributed by atoms with E-state index in [-0.39, 0.29) is 17.7 Å². The summed E-state index contributed by atoms with van der Waals surface area (Å²) in [5.74, 6) is -0.0747. The fourth-order valence-electron chi connectivity index (χ4n) is 2.41. The Bertz CT molecular complexity index is 368. The first-order chi connectivity index (χ1) is 9.49. The fraction of sp³-hybridized carbons (Fsp3) is 0.800. The van der Waals surface area contributed by atoms with Gasteiger partial charge in [0.2, 0.25) is 17.7 Å². The van der Waals surface area contributed by atoms with E-state index in [0.717, 1.165) is 19.3 Å². The lowest BCUT2D eigenvalue weighted by Crippen LogP contribution is -2.48. The number of carbonyl (C=O) groups is 3. The number of hydrogen-bond donors (Lipinski definition) is 1. The molecule has 114 valence electrons. The summed E-state index contributed by atoms with van der Waals surface area (Å²) in [5.41, 5.74) is 0. The third kappa shape index (κ3) is 4.62. The number of imide groups is 1. The van der Waals surface area contributed by atoms with E-state index in [4.69, 9.17) is 0 Å². The highest BCUT2D eigenvalue weighted by atomic mass is 16.2. The van der Waals surface area contributed by atoms with Crippen molar-refractivity contribution >= 4 is 17.7 Å². The van der Waals surface area contributed by atoms with Gasteiger partial charge in [0.15, 0.2) is 0 Å². The Kier molecular flexibility index (Phi) is 6.68. The first kappa shape index (κ1) is 16.7. The van der Waals surface area contributed by atoms with E-state index in [1.807, 2.05) is 6.92 Å². The minimum absolute atomic E-state index is 0.0130. The lowest BCUT2D eigenvalue weighted by Gasteiger charge is -2.25. The molecular weight excluding hydrogens is 256 g/mol. The Labute approximate surface area is 121 Å². The molecule has 1 saturated heterocycles. The number of carbonyl (C=O) groups excluding carboxylic acids is 3. The summed E-state index contributed by atoms with van der Waals surface area (Å²) in [5, 5.41) is 2.44. The van der Waals surface area contributed by atoms with Crippen LogP contribution in [0.4, 0.5) is 0 Å². The summed E-state index contributed by atoms with van der Waals surface area (Å²) < 4.78 is 0. The van der Waals surface area contributed by atoms with Crippen molar-refractivity contribution in [2.45, 2.75) is 65.3 Å². The summed E-state index contributed by atoms with van der Waals surface area (Å²) in [4.78, 5) is 37.1. The van der Waals surface area contributed by atoms with E-state index in [1.54, 1.807) is 4.90 Å². The predicted octanol–water partition coefficient (Wildman–Crippen LogP) is 1.86. The minimum Gasteiger partial charge on any atom is -0.331 e. The molecule has 2 atom stereocenters. The average Bonchev–Trinajstić information content (AvgIpc) is 2.83. The molecule has 20 heavy (non-hydrogen) atoms. The molecule has 1 aliphatic heterocycles. The van der Waals surface area contributed by atoms with Crippen LogP contribution < -0.4 is 5.32 Å². The Morgan fingerprint density at radius 1 is 1.30 bits per heavy atom. The van der Waals surface area contributed by atoms with Gasteiger partial charge in [-0.3, -0.25) is 19.7 Å². The van der Waals surface area contributed by atoms with E-state index in [2.05, 4.69) is 19.2 Å². The Morgan fingerprint density at radius 3 is 2.50 bits per heavy atom. The summed E-state index contributed by atoms with van der Waals surface area (Å²) in [6, 6.07) is -0.502. The third-order valence-corrected chi connectivity index (χ3v) is 4.00. The molecule has 0 aromatic heterocycles. The molecule has 0 unspecified atom stereocenters. The van der Waals surface area contributed by atoms with Crippen molar-refractivity contribution < 1.29 is 14.4 Å². The highest BCUT2D eigenvalue weighted by molar-refractivity contribution is 5.99. The molecule has 0 spiro atoms. The minimum atomic E-state index is -0.502. The molecule has 1 N–H and O–H groups in total. The zero-order valence-corrected chi connectivity index (χ0v) is 12.8. The number of rotatable bonds is 7. The van der Waals surface area contributed by atoms with E-state index in [0.29, 0.717) is 31.7 Å². The Morgan fingerprint density at radius 2 is 2.00 bits per heavy atom. The van der Waals surface area contributed by atoms with Gasteiger partial charge in [-0.2, -0.15) is 0 Å². The maximum absolute atomic E-state index is 12.1. The monoisotopic (exact) mass is 282 g/mol. The highest BCUT2D eigenvalue weighted by Gasteiger charge is 2.32. The molecule has 5 nitrogen and oxygen atoms in total. The van der Waals surface area contributed by atoms with Crippen molar-refractivity contribution in [1.82, 2.24) is 10.2 Å². The molecule has 0 aromatic carbocycles. The largest absolute Gasteiger partial charge is 0.331 e. The molecule has 0 aliphatic carbocycles. The molecule has 5 heteroatoms. The van der Waals surface area contributed by atoms with Crippen LogP contribution in [0.25, 0.3) is 0 Å². The van der Waals surface area contributed by atoms with Gasteiger partial charge < -0.3 is 4.90 Å². The van der Waals surface area contributed by atoms with Gasteiger partial charge in [0.1, 0.15) is 6.04 Å². The first-order valence-corrected chi connectivity index (χ1v) is 7.62. The molecular formula is C15H26N2O3. The smallest absolute Gasteiger partial charge is 0.249 e. The van der Waals surface area contributed by atoms with Crippen LogP contribution in [0, 0.1) is 5.92 Å². The molecule has 1 aliphatic rings. The van der Waals surface area contributed by atoms with Crippen LogP contribution in [0.2, 0.25) is 0 Å². The summed E-state index contributed by atoms with van der Waals surface area (Å²) in [6.45, 7) is 6.65. The highest BCUT2D eigenvalue weighted by Crippen LogP contribution is 2.16. The number of nitrogens with zero attached hydrogens (tertiary/aromatic N) is 1. The van der Waals surface area contributed by atoms with Crippen molar-refractivity contribution in [3.8, 4) is 0 Å². The van der Waals surface area contributed by atoms with Crippen molar-refractivity contribution in [3.63, 3.8) is 0 Å². The van der Waals surface area contributed by atoms with Crippen LogP contribution in [0.3, 0.4) is 0 Å². The third-order valence-electron chi connectivity index (χ3n) is 4.00. The van der Waals surface area contributed by atoms with Crippen LogP contribution in [-0.2, 0) is 14.4 Å². The Balaban J connectivity index is 2.46. The zero-order valence-electron chi connectivity index (χ0n) is 12.8. The standard InChI is InChI=1S/C15H26N2O3/c1-4-11(3)8-9-13(18)16-15(20)12(5-2)17-10-6-7-14(17)19/h11-12H,4-10H2,1-3H3,(H,16,18,20)/t11-,12+/m1/s1. The summed E-state index contributed by atoms with van der Waals surface area (Å²) in [7, 11) is 0. The molecule has 3 amide bonds. The molecule has 0 aromatic rings.